The number of Topliss-reactive ketones (excluding diaryl/α,β-unsaturated/α-hetero) is 1. The normalized spacial score (nSPS) is 42.8. The van der Waals surface area contributed by atoms with Crippen LogP contribution in [0.25, 0.3) is 0 Å². The van der Waals surface area contributed by atoms with E-state index in [1.54, 1.807) is 0 Å². The Balaban J connectivity index is 2.26. The fraction of sp³-hybridized carbons (Fsp3) is 0.875. The van der Waals surface area contributed by atoms with E-state index >= 15 is 0 Å². The maximum atomic E-state index is 11.1. The quantitative estimate of drug-likeness (QED) is 0.501. The van der Waals surface area contributed by atoms with Gasteiger partial charge in [-0.2, -0.15) is 0 Å². The molecule has 1 aliphatic carbocycles. The lowest BCUT2D eigenvalue weighted by molar-refractivity contribution is -0.195. The molecule has 2 heteroatoms. The van der Waals surface area contributed by atoms with Crippen LogP contribution in [0.2, 0.25) is 0 Å². The van der Waals surface area contributed by atoms with Crippen molar-refractivity contribution in [1.29, 1.82) is 0 Å². The SMILES string of the molecule is CC1(C)[C@@H]2OCC[C@H]1C2=O. The van der Waals surface area contributed by atoms with E-state index < -0.39 is 0 Å². The molecule has 0 radical (unpaired) electrons. The summed E-state index contributed by atoms with van der Waals surface area (Å²) in [5.41, 5.74) is 0.134. The van der Waals surface area contributed by atoms with Crippen LogP contribution in [-0.2, 0) is 9.53 Å². The van der Waals surface area contributed by atoms with E-state index in [9.17, 15) is 4.79 Å². The third kappa shape index (κ3) is 0.511. The molecule has 3 rings (SSSR count). The Morgan fingerprint density at radius 1 is 1.60 bits per heavy atom. The summed E-state index contributed by atoms with van der Waals surface area (Å²) in [6.45, 7) is 5.01. The second-order valence-corrected chi connectivity index (χ2v) is 3.82. The zero-order valence-corrected chi connectivity index (χ0v) is 6.39. The average Bonchev–Trinajstić information content (AvgIpc) is 1.88. The van der Waals surface area contributed by atoms with Crippen LogP contribution in [0.15, 0.2) is 0 Å². The van der Waals surface area contributed by atoms with E-state index in [4.69, 9.17) is 4.74 Å². The Morgan fingerprint density at radius 3 is 2.50 bits per heavy atom. The van der Waals surface area contributed by atoms with Crippen LogP contribution in [0.1, 0.15) is 20.3 Å². The smallest absolute Gasteiger partial charge is 0.165 e. The van der Waals surface area contributed by atoms with Gasteiger partial charge in [-0.05, 0) is 6.42 Å². The van der Waals surface area contributed by atoms with Crippen LogP contribution in [-0.4, -0.2) is 18.5 Å². The largest absolute Gasteiger partial charge is 0.370 e. The van der Waals surface area contributed by atoms with Gasteiger partial charge in [0.25, 0.3) is 0 Å². The molecule has 0 aromatic carbocycles. The first-order chi connectivity index (χ1) is 4.64. The first kappa shape index (κ1) is 6.35. The van der Waals surface area contributed by atoms with Gasteiger partial charge in [0.05, 0.1) is 0 Å². The number of ketones is 1. The second-order valence-electron chi connectivity index (χ2n) is 3.82. The fourth-order valence-corrected chi connectivity index (χ4v) is 2.12. The number of hydrogen-bond donors (Lipinski definition) is 0. The Bertz CT molecular complexity index is 168. The first-order valence-electron chi connectivity index (χ1n) is 3.79. The Kier molecular flexibility index (Phi) is 1.03. The molecule has 1 saturated carbocycles. The zero-order chi connectivity index (χ0) is 7.35. The molecule has 0 spiro atoms. The Morgan fingerprint density at radius 2 is 2.30 bits per heavy atom. The number of fused-ring (bicyclic) bond motifs is 2. The lowest BCUT2D eigenvalue weighted by Gasteiger charge is -2.53. The van der Waals surface area contributed by atoms with Gasteiger partial charge in [-0.3, -0.25) is 4.79 Å². The van der Waals surface area contributed by atoms with Gasteiger partial charge in [0.2, 0.25) is 0 Å². The summed E-state index contributed by atoms with van der Waals surface area (Å²) in [7, 11) is 0. The summed E-state index contributed by atoms with van der Waals surface area (Å²) in [6, 6.07) is 0. The van der Waals surface area contributed by atoms with E-state index in [1.807, 2.05) is 0 Å². The van der Waals surface area contributed by atoms with E-state index in [0.717, 1.165) is 13.0 Å². The minimum Gasteiger partial charge on any atom is -0.370 e. The third-order valence-electron chi connectivity index (χ3n) is 2.87. The van der Waals surface area contributed by atoms with Crippen LogP contribution in [0.4, 0.5) is 0 Å². The van der Waals surface area contributed by atoms with Crippen LogP contribution in [0, 0.1) is 11.3 Å². The van der Waals surface area contributed by atoms with Crippen LogP contribution >= 0.6 is 0 Å². The zero-order valence-electron chi connectivity index (χ0n) is 6.39. The fourth-order valence-electron chi connectivity index (χ4n) is 2.12. The van der Waals surface area contributed by atoms with Gasteiger partial charge in [0.1, 0.15) is 6.10 Å². The summed E-state index contributed by atoms with van der Waals surface area (Å²) < 4.78 is 5.32. The molecule has 56 valence electrons. The van der Waals surface area contributed by atoms with Crippen molar-refractivity contribution in [1.82, 2.24) is 0 Å². The third-order valence-corrected chi connectivity index (χ3v) is 2.87. The van der Waals surface area contributed by atoms with Crippen molar-refractivity contribution in [2.24, 2.45) is 11.3 Å². The summed E-state index contributed by atoms with van der Waals surface area (Å²) >= 11 is 0. The van der Waals surface area contributed by atoms with Crippen molar-refractivity contribution in [2.75, 3.05) is 6.61 Å². The number of hydrogen-bond acceptors (Lipinski definition) is 2. The Hall–Kier alpha value is -0.370. The van der Waals surface area contributed by atoms with Crippen molar-refractivity contribution in [3.05, 3.63) is 0 Å². The van der Waals surface area contributed by atoms with Crippen LogP contribution in [0.5, 0.6) is 0 Å². The molecule has 0 unspecified atom stereocenters. The van der Waals surface area contributed by atoms with Crippen molar-refractivity contribution >= 4 is 5.78 Å². The van der Waals surface area contributed by atoms with Crippen LogP contribution in [0.3, 0.4) is 0 Å². The molecule has 2 saturated heterocycles. The molecule has 2 bridgehead atoms. The Labute approximate surface area is 60.6 Å². The van der Waals surface area contributed by atoms with Gasteiger partial charge in [-0.15, -0.1) is 0 Å². The topological polar surface area (TPSA) is 26.3 Å². The number of ether oxygens (including phenoxy) is 1. The number of carbonyl (C=O) groups excluding carboxylic acids is 1. The number of carbonyl (C=O) groups is 1. The highest BCUT2D eigenvalue weighted by Crippen LogP contribution is 2.49. The van der Waals surface area contributed by atoms with Gasteiger partial charge < -0.3 is 4.74 Å². The molecular formula is C8H12O2. The minimum atomic E-state index is -0.0775. The van der Waals surface area contributed by atoms with Crippen molar-refractivity contribution in [2.45, 2.75) is 26.4 Å². The van der Waals surface area contributed by atoms with Crippen molar-refractivity contribution in [3.8, 4) is 0 Å². The lowest BCUT2D eigenvalue weighted by atomic mass is 9.56. The first-order valence-corrected chi connectivity index (χ1v) is 3.79. The molecule has 2 aliphatic heterocycles. The highest BCUT2D eigenvalue weighted by Gasteiger charge is 2.58. The maximum Gasteiger partial charge on any atom is 0.165 e. The van der Waals surface area contributed by atoms with E-state index in [0.29, 0.717) is 11.7 Å². The summed E-state index contributed by atoms with van der Waals surface area (Å²) in [6.07, 6.45) is 0.855. The van der Waals surface area contributed by atoms with Gasteiger partial charge in [0.15, 0.2) is 5.78 Å². The molecule has 0 amide bonds. The monoisotopic (exact) mass is 140 g/mol. The molecule has 3 fully saturated rings. The molecule has 0 N–H and O–H groups in total. The molecule has 2 nitrogen and oxygen atoms in total. The van der Waals surface area contributed by atoms with Gasteiger partial charge in [-0.1, -0.05) is 13.8 Å². The van der Waals surface area contributed by atoms with Gasteiger partial charge in [-0.25, -0.2) is 0 Å². The summed E-state index contributed by atoms with van der Waals surface area (Å²) in [5, 5.41) is 0. The van der Waals surface area contributed by atoms with E-state index in [1.165, 1.54) is 0 Å². The van der Waals surface area contributed by atoms with Crippen molar-refractivity contribution in [3.63, 3.8) is 0 Å². The second kappa shape index (κ2) is 1.62. The van der Waals surface area contributed by atoms with Crippen molar-refractivity contribution < 1.29 is 9.53 Å². The molecule has 3 aliphatic rings. The molecular weight excluding hydrogens is 128 g/mol. The highest BCUT2D eigenvalue weighted by atomic mass is 16.5. The molecule has 10 heavy (non-hydrogen) atoms. The minimum absolute atomic E-state index is 0.0775. The summed E-state index contributed by atoms with van der Waals surface area (Å²) in [4.78, 5) is 11.1. The molecule has 2 heterocycles. The molecule has 0 aromatic rings. The molecule has 0 aromatic heterocycles. The summed E-state index contributed by atoms with van der Waals surface area (Å²) in [5.74, 6) is 0.627. The number of rotatable bonds is 0. The van der Waals surface area contributed by atoms with E-state index in [2.05, 4.69) is 13.8 Å². The van der Waals surface area contributed by atoms with Crippen LogP contribution < -0.4 is 0 Å². The predicted octanol–water partition coefficient (Wildman–Crippen LogP) is 1.00. The maximum absolute atomic E-state index is 11.1. The van der Waals surface area contributed by atoms with Gasteiger partial charge in [0, 0.05) is 17.9 Å². The average molecular weight is 140 g/mol. The molecule has 2 atom stereocenters. The highest BCUT2D eigenvalue weighted by molar-refractivity contribution is 5.94. The lowest BCUT2D eigenvalue weighted by Crippen LogP contribution is -2.63. The predicted molar refractivity (Wildman–Crippen MR) is 36.6 cm³/mol. The van der Waals surface area contributed by atoms with E-state index in [-0.39, 0.29) is 11.5 Å². The standard InChI is InChI=1S/C8H12O2/c1-8(2)5-3-4-10-7(8)6(5)9/h5,7H,3-4H2,1-2H3/t5-,7+/m0/s1. The van der Waals surface area contributed by atoms with Gasteiger partial charge >= 0.3 is 0 Å².